The standard InChI is InChI=1S/C22H28FN3O2/c1-27-21-8-18(20(23)9-22(21)28-2)14-26-13-17-5-6-19(26)15-25(12-17)11-16-4-3-7-24-10-16/h3-4,7-10,17,19H,5-6,11-15H2,1-2H3/t17-,19+/m0/s1. The molecule has 0 saturated carbocycles. The molecule has 2 aromatic rings. The van der Waals surface area contributed by atoms with Gasteiger partial charge in [0.25, 0.3) is 0 Å². The monoisotopic (exact) mass is 385 g/mol. The van der Waals surface area contributed by atoms with Crippen molar-refractivity contribution < 1.29 is 13.9 Å². The Morgan fingerprint density at radius 3 is 2.64 bits per heavy atom. The average molecular weight is 385 g/mol. The molecule has 3 saturated heterocycles. The number of rotatable bonds is 6. The van der Waals surface area contributed by atoms with Crippen LogP contribution in [0.2, 0.25) is 0 Å². The molecule has 1 aromatic carbocycles. The van der Waals surface area contributed by atoms with Crippen LogP contribution in [0, 0.1) is 11.7 Å². The maximum Gasteiger partial charge on any atom is 0.163 e. The van der Waals surface area contributed by atoms with Gasteiger partial charge in [0.2, 0.25) is 0 Å². The largest absolute Gasteiger partial charge is 0.493 e. The lowest BCUT2D eigenvalue weighted by atomic mass is 9.94. The second-order valence-corrected chi connectivity index (χ2v) is 7.88. The fourth-order valence-electron chi connectivity index (χ4n) is 4.59. The molecule has 6 heteroatoms. The molecule has 0 aliphatic carbocycles. The normalized spacial score (nSPS) is 22.8. The number of ether oxygens (including phenoxy) is 2. The Morgan fingerprint density at radius 1 is 1.07 bits per heavy atom. The summed E-state index contributed by atoms with van der Waals surface area (Å²) in [5, 5.41) is 0. The molecule has 4 heterocycles. The first kappa shape index (κ1) is 19.2. The summed E-state index contributed by atoms with van der Waals surface area (Å²) < 4.78 is 25.2. The zero-order chi connectivity index (χ0) is 19.5. The molecule has 0 unspecified atom stereocenters. The quantitative estimate of drug-likeness (QED) is 0.763. The van der Waals surface area contributed by atoms with Gasteiger partial charge in [-0.05, 0) is 36.5 Å². The van der Waals surface area contributed by atoms with Gasteiger partial charge in [0, 0.05) is 62.8 Å². The Balaban J connectivity index is 1.48. The second kappa shape index (κ2) is 8.45. The molecular formula is C22H28FN3O2. The van der Waals surface area contributed by atoms with E-state index in [1.807, 2.05) is 18.5 Å². The van der Waals surface area contributed by atoms with Crippen molar-refractivity contribution in [1.82, 2.24) is 14.8 Å². The zero-order valence-corrected chi connectivity index (χ0v) is 16.6. The summed E-state index contributed by atoms with van der Waals surface area (Å²) in [6, 6.07) is 7.78. The number of nitrogens with zero attached hydrogens (tertiary/aromatic N) is 3. The molecule has 5 nitrogen and oxygen atoms in total. The molecule has 0 N–H and O–H groups in total. The van der Waals surface area contributed by atoms with Crippen LogP contribution in [0.15, 0.2) is 36.7 Å². The van der Waals surface area contributed by atoms with E-state index in [0.717, 1.165) is 26.2 Å². The molecule has 2 atom stereocenters. The Morgan fingerprint density at radius 2 is 1.89 bits per heavy atom. The van der Waals surface area contributed by atoms with Crippen LogP contribution in [0.1, 0.15) is 24.0 Å². The summed E-state index contributed by atoms with van der Waals surface area (Å²) in [5.41, 5.74) is 1.92. The maximum absolute atomic E-state index is 14.6. The zero-order valence-electron chi connectivity index (χ0n) is 16.6. The Kier molecular flexibility index (Phi) is 5.78. The Labute approximate surface area is 166 Å². The summed E-state index contributed by atoms with van der Waals surface area (Å²) in [6.07, 6.45) is 6.18. The van der Waals surface area contributed by atoms with Crippen LogP contribution in [0.3, 0.4) is 0 Å². The van der Waals surface area contributed by atoms with Crippen LogP contribution < -0.4 is 9.47 Å². The molecule has 150 valence electrons. The number of fused-ring (bicyclic) bond motifs is 4. The first-order valence-electron chi connectivity index (χ1n) is 9.92. The van der Waals surface area contributed by atoms with Gasteiger partial charge in [-0.25, -0.2) is 4.39 Å². The molecule has 1 aromatic heterocycles. The van der Waals surface area contributed by atoms with Gasteiger partial charge in [-0.2, -0.15) is 0 Å². The molecule has 3 fully saturated rings. The van der Waals surface area contributed by atoms with Crippen LogP contribution >= 0.6 is 0 Å². The minimum atomic E-state index is -0.231. The smallest absolute Gasteiger partial charge is 0.163 e. The third kappa shape index (κ3) is 4.13. The fraction of sp³-hybridized carbons (Fsp3) is 0.500. The predicted octanol–water partition coefficient (Wildman–Crippen LogP) is 3.33. The fourth-order valence-corrected chi connectivity index (χ4v) is 4.59. The average Bonchev–Trinajstić information content (AvgIpc) is 3.00. The summed E-state index contributed by atoms with van der Waals surface area (Å²) in [5.74, 6) is 1.41. The van der Waals surface area contributed by atoms with Crippen molar-refractivity contribution >= 4 is 0 Å². The summed E-state index contributed by atoms with van der Waals surface area (Å²) in [6.45, 7) is 4.66. The van der Waals surface area contributed by atoms with Gasteiger partial charge in [0.15, 0.2) is 11.5 Å². The highest BCUT2D eigenvalue weighted by Gasteiger charge is 2.35. The van der Waals surface area contributed by atoms with E-state index >= 15 is 0 Å². The number of pyridine rings is 1. The van der Waals surface area contributed by atoms with Crippen molar-refractivity contribution in [2.45, 2.75) is 32.0 Å². The highest BCUT2D eigenvalue weighted by molar-refractivity contribution is 5.43. The van der Waals surface area contributed by atoms with Crippen LogP contribution in [-0.2, 0) is 13.1 Å². The third-order valence-corrected chi connectivity index (χ3v) is 5.96. The summed E-state index contributed by atoms with van der Waals surface area (Å²) in [4.78, 5) is 9.22. The highest BCUT2D eigenvalue weighted by atomic mass is 19.1. The molecule has 28 heavy (non-hydrogen) atoms. The van der Waals surface area contributed by atoms with E-state index in [1.54, 1.807) is 13.2 Å². The van der Waals surface area contributed by atoms with Gasteiger partial charge in [-0.15, -0.1) is 0 Å². The molecule has 3 aliphatic heterocycles. The van der Waals surface area contributed by atoms with Gasteiger partial charge >= 0.3 is 0 Å². The first-order valence-corrected chi connectivity index (χ1v) is 9.92. The number of hydrogen-bond donors (Lipinski definition) is 0. The minimum Gasteiger partial charge on any atom is -0.493 e. The summed E-state index contributed by atoms with van der Waals surface area (Å²) >= 11 is 0. The molecule has 0 radical (unpaired) electrons. The SMILES string of the molecule is COc1cc(F)c(CN2C[C@H]3CC[C@@H]2CN(Cc2cccnc2)C3)cc1OC. The van der Waals surface area contributed by atoms with Crippen LogP contribution in [0.4, 0.5) is 4.39 Å². The minimum absolute atomic E-state index is 0.231. The number of methoxy groups -OCH3 is 2. The lowest BCUT2D eigenvalue weighted by molar-refractivity contribution is 0.121. The molecule has 2 bridgehead atoms. The van der Waals surface area contributed by atoms with Gasteiger partial charge in [0.1, 0.15) is 5.82 Å². The van der Waals surface area contributed by atoms with Gasteiger partial charge in [-0.3, -0.25) is 14.8 Å². The third-order valence-electron chi connectivity index (χ3n) is 5.96. The molecule has 0 spiro atoms. The molecule has 0 amide bonds. The van der Waals surface area contributed by atoms with Crippen molar-refractivity contribution in [2.24, 2.45) is 5.92 Å². The van der Waals surface area contributed by atoms with Crippen LogP contribution in [0.5, 0.6) is 11.5 Å². The predicted molar refractivity (Wildman–Crippen MR) is 106 cm³/mol. The maximum atomic E-state index is 14.6. The van der Waals surface area contributed by atoms with E-state index in [9.17, 15) is 4.39 Å². The first-order chi connectivity index (χ1) is 13.7. The number of aromatic nitrogens is 1. The van der Waals surface area contributed by atoms with Crippen molar-refractivity contribution in [2.75, 3.05) is 33.9 Å². The number of hydrogen-bond acceptors (Lipinski definition) is 5. The number of piperidine rings is 1. The number of benzene rings is 1. The van der Waals surface area contributed by atoms with E-state index in [1.165, 1.54) is 31.6 Å². The Bertz CT molecular complexity index is 802. The van der Waals surface area contributed by atoms with Gasteiger partial charge in [-0.1, -0.05) is 6.07 Å². The lowest BCUT2D eigenvalue weighted by Gasteiger charge is -2.36. The van der Waals surface area contributed by atoms with E-state index in [-0.39, 0.29) is 5.82 Å². The van der Waals surface area contributed by atoms with Gasteiger partial charge < -0.3 is 9.47 Å². The second-order valence-electron chi connectivity index (χ2n) is 7.88. The van der Waals surface area contributed by atoms with E-state index in [0.29, 0.717) is 35.6 Å². The van der Waals surface area contributed by atoms with Gasteiger partial charge in [0.05, 0.1) is 14.2 Å². The molecular weight excluding hydrogens is 357 g/mol. The van der Waals surface area contributed by atoms with E-state index in [4.69, 9.17) is 9.47 Å². The van der Waals surface area contributed by atoms with Crippen LogP contribution in [-0.4, -0.2) is 54.7 Å². The summed E-state index contributed by atoms with van der Waals surface area (Å²) in [7, 11) is 3.12. The lowest BCUT2D eigenvalue weighted by Crippen LogP contribution is -2.43. The topological polar surface area (TPSA) is 37.8 Å². The molecule has 5 rings (SSSR count). The van der Waals surface area contributed by atoms with Crippen molar-refractivity contribution in [1.29, 1.82) is 0 Å². The van der Waals surface area contributed by atoms with E-state index < -0.39 is 0 Å². The van der Waals surface area contributed by atoms with Crippen LogP contribution in [0.25, 0.3) is 0 Å². The molecule has 3 aliphatic rings. The number of halogens is 1. The van der Waals surface area contributed by atoms with Crippen molar-refractivity contribution in [3.05, 3.63) is 53.6 Å². The van der Waals surface area contributed by atoms with Crippen molar-refractivity contribution in [3.63, 3.8) is 0 Å². The van der Waals surface area contributed by atoms with Crippen molar-refractivity contribution in [3.8, 4) is 11.5 Å². The van der Waals surface area contributed by atoms with E-state index in [2.05, 4.69) is 20.9 Å². The Hall–Kier alpha value is -2.18. The highest BCUT2D eigenvalue weighted by Crippen LogP contribution is 2.33.